The molecule has 1 fully saturated rings. The van der Waals surface area contributed by atoms with Gasteiger partial charge in [-0.3, -0.25) is 4.90 Å². The molecule has 0 aromatic heterocycles. The fraction of sp³-hybridized carbons (Fsp3) is 0.571. The minimum absolute atomic E-state index is 0.347. The van der Waals surface area contributed by atoms with Gasteiger partial charge in [-0.05, 0) is 24.6 Å². The van der Waals surface area contributed by atoms with E-state index in [1.807, 2.05) is 12.1 Å². The second-order valence-electron chi connectivity index (χ2n) is 5.46. The van der Waals surface area contributed by atoms with Crippen LogP contribution in [-0.4, -0.2) is 57.4 Å². The van der Waals surface area contributed by atoms with Crippen LogP contribution in [0.15, 0.2) is 29.2 Å². The van der Waals surface area contributed by atoms with E-state index in [1.165, 1.54) is 4.31 Å². The lowest BCUT2D eigenvalue weighted by atomic mass is 10.1. The van der Waals surface area contributed by atoms with Crippen LogP contribution in [0.25, 0.3) is 0 Å². The summed E-state index contributed by atoms with van der Waals surface area (Å²) in [6, 6.07) is 7.71. The van der Waals surface area contributed by atoms with Crippen LogP contribution in [0.4, 0.5) is 0 Å². The molecule has 1 aliphatic heterocycles. The van der Waals surface area contributed by atoms with Crippen molar-refractivity contribution < 1.29 is 8.42 Å². The van der Waals surface area contributed by atoms with E-state index in [2.05, 4.69) is 17.1 Å². The normalized spacial score (nSPS) is 21.3. The summed E-state index contributed by atoms with van der Waals surface area (Å²) in [5.74, 6) is 0. The van der Waals surface area contributed by atoms with Gasteiger partial charge in [0.05, 0.1) is 4.90 Å². The van der Waals surface area contributed by atoms with Crippen molar-refractivity contribution in [3.8, 4) is 0 Å². The minimum atomic E-state index is -3.33. The first kappa shape index (κ1) is 15.4. The minimum Gasteiger partial charge on any atom is -0.314 e. The van der Waals surface area contributed by atoms with Gasteiger partial charge in [0.1, 0.15) is 0 Å². The van der Waals surface area contributed by atoms with Gasteiger partial charge in [0.25, 0.3) is 0 Å². The summed E-state index contributed by atoms with van der Waals surface area (Å²) in [5, 5.41) is 3.37. The van der Waals surface area contributed by atoms with Crippen molar-refractivity contribution in [1.29, 1.82) is 0 Å². The Hall–Kier alpha value is -0.950. The zero-order valence-corrected chi connectivity index (χ0v) is 13.2. The predicted molar refractivity (Wildman–Crippen MR) is 80.1 cm³/mol. The molecule has 0 amide bonds. The first-order valence-electron chi connectivity index (χ1n) is 6.87. The van der Waals surface area contributed by atoms with Crippen LogP contribution in [0.3, 0.4) is 0 Å². The van der Waals surface area contributed by atoms with E-state index >= 15 is 0 Å². The van der Waals surface area contributed by atoms with Crippen molar-refractivity contribution in [2.24, 2.45) is 0 Å². The van der Waals surface area contributed by atoms with Crippen LogP contribution in [-0.2, 0) is 16.6 Å². The molecule has 20 heavy (non-hydrogen) atoms. The number of sulfonamides is 1. The standard InChI is InChI=1S/C14H23N3O2S/c1-12-10-15-8-9-17(12)11-13-4-6-14(7-5-13)20(18,19)16(2)3/h4-7,12,15H,8-11H2,1-3H3/t12-/m0/s1. The highest BCUT2D eigenvalue weighted by Crippen LogP contribution is 2.16. The zero-order chi connectivity index (χ0) is 14.8. The van der Waals surface area contributed by atoms with E-state index in [1.54, 1.807) is 26.2 Å². The molecule has 5 nitrogen and oxygen atoms in total. The van der Waals surface area contributed by atoms with Crippen LogP contribution < -0.4 is 5.32 Å². The Bertz CT molecular complexity index is 540. The summed E-state index contributed by atoms with van der Waals surface area (Å²) in [5.41, 5.74) is 1.15. The van der Waals surface area contributed by atoms with E-state index < -0.39 is 10.0 Å². The second-order valence-corrected chi connectivity index (χ2v) is 7.61. The van der Waals surface area contributed by atoms with Crippen molar-refractivity contribution >= 4 is 10.0 Å². The van der Waals surface area contributed by atoms with E-state index in [0.717, 1.165) is 31.7 Å². The number of benzene rings is 1. The van der Waals surface area contributed by atoms with Crippen LogP contribution in [0.1, 0.15) is 12.5 Å². The van der Waals surface area contributed by atoms with Gasteiger partial charge in [-0.15, -0.1) is 0 Å². The molecular formula is C14H23N3O2S. The summed E-state index contributed by atoms with van der Waals surface area (Å²) in [7, 11) is -0.233. The van der Waals surface area contributed by atoms with Gasteiger partial charge in [0, 0.05) is 46.3 Å². The molecule has 1 saturated heterocycles. The van der Waals surface area contributed by atoms with Gasteiger partial charge in [-0.25, -0.2) is 12.7 Å². The van der Waals surface area contributed by atoms with E-state index in [-0.39, 0.29) is 0 Å². The molecule has 1 aliphatic rings. The van der Waals surface area contributed by atoms with Crippen molar-refractivity contribution in [2.45, 2.75) is 24.4 Å². The number of piperazine rings is 1. The summed E-state index contributed by atoms with van der Waals surface area (Å²) in [6.07, 6.45) is 0. The molecule has 1 aromatic rings. The molecule has 0 saturated carbocycles. The smallest absolute Gasteiger partial charge is 0.242 e. The molecule has 112 valence electrons. The van der Waals surface area contributed by atoms with E-state index in [0.29, 0.717) is 10.9 Å². The van der Waals surface area contributed by atoms with Crippen molar-refractivity contribution in [2.75, 3.05) is 33.7 Å². The van der Waals surface area contributed by atoms with Crippen LogP contribution >= 0.6 is 0 Å². The molecular weight excluding hydrogens is 274 g/mol. The van der Waals surface area contributed by atoms with Crippen molar-refractivity contribution in [1.82, 2.24) is 14.5 Å². The van der Waals surface area contributed by atoms with Crippen LogP contribution in [0.5, 0.6) is 0 Å². The van der Waals surface area contributed by atoms with Crippen LogP contribution in [0, 0.1) is 0 Å². The Balaban J connectivity index is 2.09. The summed E-state index contributed by atoms with van der Waals surface area (Å²) in [4.78, 5) is 2.76. The van der Waals surface area contributed by atoms with E-state index in [9.17, 15) is 8.42 Å². The maximum absolute atomic E-state index is 12.0. The molecule has 2 rings (SSSR count). The predicted octanol–water partition coefficient (Wildman–Crippen LogP) is 0.731. The van der Waals surface area contributed by atoms with Gasteiger partial charge in [0.2, 0.25) is 10.0 Å². The first-order chi connectivity index (χ1) is 9.41. The fourth-order valence-electron chi connectivity index (χ4n) is 2.33. The molecule has 0 radical (unpaired) electrons. The molecule has 1 atom stereocenters. The van der Waals surface area contributed by atoms with Crippen molar-refractivity contribution in [3.05, 3.63) is 29.8 Å². The van der Waals surface area contributed by atoms with Crippen LogP contribution in [0.2, 0.25) is 0 Å². The number of nitrogens with zero attached hydrogens (tertiary/aromatic N) is 2. The number of hydrogen-bond donors (Lipinski definition) is 1. The highest BCUT2D eigenvalue weighted by Gasteiger charge is 2.19. The molecule has 1 aromatic carbocycles. The SMILES string of the molecule is C[C@H]1CNCCN1Cc1ccc(S(=O)(=O)N(C)C)cc1. The molecule has 0 bridgehead atoms. The summed E-state index contributed by atoms with van der Waals surface area (Å²) in [6.45, 7) is 6.12. The maximum atomic E-state index is 12.0. The highest BCUT2D eigenvalue weighted by atomic mass is 32.2. The molecule has 0 aliphatic carbocycles. The highest BCUT2D eigenvalue weighted by molar-refractivity contribution is 7.89. The maximum Gasteiger partial charge on any atom is 0.242 e. The summed E-state index contributed by atoms with van der Waals surface area (Å²) < 4.78 is 25.2. The number of hydrogen-bond acceptors (Lipinski definition) is 4. The van der Waals surface area contributed by atoms with Crippen molar-refractivity contribution in [3.63, 3.8) is 0 Å². The quantitative estimate of drug-likeness (QED) is 0.890. The zero-order valence-electron chi connectivity index (χ0n) is 12.3. The Morgan fingerprint density at radius 2 is 1.95 bits per heavy atom. The Labute approximate surface area is 121 Å². The third kappa shape index (κ3) is 3.38. The summed E-state index contributed by atoms with van der Waals surface area (Å²) >= 11 is 0. The topological polar surface area (TPSA) is 52.7 Å². The van der Waals surface area contributed by atoms with Gasteiger partial charge in [-0.2, -0.15) is 0 Å². The number of nitrogens with one attached hydrogen (secondary N) is 1. The van der Waals surface area contributed by atoms with Gasteiger partial charge in [0.15, 0.2) is 0 Å². The Morgan fingerprint density at radius 1 is 1.30 bits per heavy atom. The molecule has 0 spiro atoms. The van der Waals surface area contributed by atoms with Gasteiger partial charge < -0.3 is 5.32 Å². The fourth-order valence-corrected chi connectivity index (χ4v) is 3.23. The second kappa shape index (κ2) is 6.22. The Kier molecular flexibility index (Phi) is 4.80. The Morgan fingerprint density at radius 3 is 2.50 bits per heavy atom. The lowest BCUT2D eigenvalue weighted by molar-refractivity contribution is 0.165. The number of rotatable bonds is 4. The van der Waals surface area contributed by atoms with Gasteiger partial charge in [-0.1, -0.05) is 12.1 Å². The monoisotopic (exact) mass is 297 g/mol. The molecule has 0 unspecified atom stereocenters. The van der Waals surface area contributed by atoms with E-state index in [4.69, 9.17) is 0 Å². The molecule has 6 heteroatoms. The molecule has 1 heterocycles. The first-order valence-corrected chi connectivity index (χ1v) is 8.31. The lowest BCUT2D eigenvalue weighted by Crippen LogP contribution is -2.49. The third-order valence-electron chi connectivity index (χ3n) is 3.73. The molecule has 1 N–H and O–H groups in total. The lowest BCUT2D eigenvalue weighted by Gasteiger charge is -2.33. The van der Waals surface area contributed by atoms with Gasteiger partial charge >= 0.3 is 0 Å². The largest absolute Gasteiger partial charge is 0.314 e. The third-order valence-corrected chi connectivity index (χ3v) is 5.56. The average Bonchev–Trinajstić information content (AvgIpc) is 2.42. The average molecular weight is 297 g/mol.